The molecule has 0 saturated carbocycles. The summed E-state index contributed by atoms with van der Waals surface area (Å²) in [7, 11) is 0.652. The quantitative estimate of drug-likeness (QED) is 0.610. The Hall–Kier alpha value is -1.65. The molecule has 2 N–H and O–H groups in total. The van der Waals surface area contributed by atoms with Gasteiger partial charge in [-0.15, -0.1) is 0 Å². The number of aromatic hydroxyl groups is 1. The molecule has 0 bridgehead atoms. The van der Waals surface area contributed by atoms with Gasteiger partial charge in [0.1, 0.15) is 5.75 Å². The number of ether oxygens (including phenoxy) is 3. The maximum absolute atomic E-state index is 11.9. The van der Waals surface area contributed by atoms with Gasteiger partial charge >= 0.3 is 0 Å². The summed E-state index contributed by atoms with van der Waals surface area (Å²) in [5, 5.41) is 10.5. The first-order chi connectivity index (χ1) is 12.1. The van der Waals surface area contributed by atoms with Crippen LogP contribution in [-0.2, 0) is 10.0 Å². The summed E-state index contributed by atoms with van der Waals surface area (Å²) in [4.78, 5) is 0. The molecular formula is C16H17Br2NO6S. The zero-order valence-corrected chi connectivity index (χ0v) is 18.4. The summed E-state index contributed by atoms with van der Waals surface area (Å²) in [6, 6.07) is 4.67. The Morgan fingerprint density at radius 1 is 0.962 bits per heavy atom. The van der Waals surface area contributed by atoms with Crippen molar-refractivity contribution >= 4 is 47.6 Å². The zero-order valence-electron chi connectivity index (χ0n) is 14.4. The van der Waals surface area contributed by atoms with Crippen LogP contribution < -0.4 is 18.9 Å². The minimum atomic E-state index is -3.62. The fraction of sp³-hybridized carbons (Fsp3) is 0.250. The molecule has 0 aliphatic carbocycles. The van der Waals surface area contributed by atoms with Crippen molar-refractivity contribution in [3.63, 3.8) is 0 Å². The number of rotatable bonds is 6. The van der Waals surface area contributed by atoms with Gasteiger partial charge in [0.25, 0.3) is 0 Å². The standard InChI is InChI=1S/C16H17Br2NO6S/c1-23-12-7-10(19-26(4,21)22)14(16(25-3)15(12)24-2)13-9(18)5-8(17)6-11(13)20/h5-7,19-20H,1-4H3. The second kappa shape index (κ2) is 7.93. The van der Waals surface area contributed by atoms with E-state index in [4.69, 9.17) is 14.2 Å². The molecule has 2 aromatic rings. The Kier molecular flexibility index (Phi) is 6.30. The van der Waals surface area contributed by atoms with Gasteiger partial charge in [0.05, 0.1) is 38.8 Å². The summed E-state index contributed by atoms with van der Waals surface area (Å²) in [6.45, 7) is 0. The number of hydrogen-bond donors (Lipinski definition) is 2. The lowest BCUT2D eigenvalue weighted by molar-refractivity contribution is 0.325. The van der Waals surface area contributed by atoms with E-state index in [2.05, 4.69) is 36.6 Å². The van der Waals surface area contributed by atoms with Crippen LogP contribution in [0, 0.1) is 0 Å². The summed E-state index contributed by atoms with van der Waals surface area (Å²) in [6.07, 6.45) is 1.02. The van der Waals surface area contributed by atoms with Crippen LogP contribution in [0.5, 0.6) is 23.0 Å². The topological polar surface area (TPSA) is 94.1 Å². The van der Waals surface area contributed by atoms with Gasteiger partial charge in [0, 0.05) is 20.6 Å². The van der Waals surface area contributed by atoms with Gasteiger partial charge in [0.15, 0.2) is 11.5 Å². The van der Waals surface area contributed by atoms with E-state index in [1.54, 1.807) is 6.07 Å². The van der Waals surface area contributed by atoms with Crippen molar-refractivity contribution in [1.82, 2.24) is 0 Å². The van der Waals surface area contributed by atoms with E-state index < -0.39 is 10.0 Å². The lowest BCUT2D eigenvalue weighted by Gasteiger charge is -2.21. The van der Waals surface area contributed by atoms with Crippen molar-refractivity contribution in [1.29, 1.82) is 0 Å². The number of halogens is 2. The molecule has 0 aromatic heterocycles. The van der Waals surface area contributed by atoms with Gasteiger partial charge < -0.3 is 19.3 Å². The number of anilines is 1. The normalized spacial score (nSPS) is 11.2. The SMILES string of the molecule is COc1cc(NS(C)(=O)=O)c(-c2c(O)cc(Br)cc2Br)c(OC)c1OC. The maximum Gasteiger partial charge on any atom is 0.229 e. The summed E-state index contributed by atoms with van der Waals surface area (Å²) in [5.41, 5.74) is 0.796. The van der Waals surface area contributed by atoms with Gasteiger partial charge in [-0.3, -0.25) is 4.72 Å². The third kappa shape index (κ3) is 4.18. The number of phenols is 1. The van der Waals surface area contributed by atoms with Crippen molar-refractivity contribution in [3.8, 4) is 34.1 Å². The van der Waals surface area contributed by atoms with Crippen LogP contribution in [0.3, 0.4) is 0 Å². The smallest absolute Gasteiger partial charge is 0.229 e. The highest BCUT2D eigenvalue weighted by Gasteiger charge is 2.26. The second-order valence-corrected chi connectivity index (χ2v) is 8.74. The molecule has 0 amide bonds. The van der Waals surface area contributed by atoms with Gasteiger partial charge in [-0.25, -0.2) is 8.42 Å². The maximum atomic E-state index is 11.9. The minimum absolute atomic E-state index is 0.0895. The van der Waals surface area contributed by atoms with Gasteiger partial charge in [-0.2, -0.15) is 0 Å². The summed E-state index contributed by atoms with van der Waals surface area (Å²) in [5.74, 6) is 0.648. The highest BCUT2D eigenvalue weighted by atomic mass is 79.9. The molecule has 0 fully saturated rings. The Morgan fingerprint density at radius 2 is 1.58 bits per heavy atom. The molecular weight excluding hydrogens is 494 g/mol. The van der Waals surface area contributed by atoms with Crippen LogP contribution in [0.4, 0.5) is 5.69 Å². The molecule has 0 atom stereocenters. The highest BCUT2D eigenvalue weighted by Crippen LogP contribution is 2.53. The van der Waals surface area contributed by atoms with E-state index in [0.29, 0.717) is 20.1 Å². The van der Waals surface area contributed by atoms with E-state index in [1.807, 2.05) is 0 Å². The zero-order chi connectivity index (χ0) is 19.6. The minimum Gasteiger partial charge on any atom is -0.507 e. The predicted octanol–water partition coefficient (Wildman–Crippen LogP) is 3.98. The molecule has 0 unspecified atom stereocenters. The van der Waals surface area contributed by atoms with E-state index in [1.165, 1.54) is 33.5 Å². The predicted molar refractivity (Wildman–Crippen MR) is 107 cm³/mol. The first-order valence-electron chi connectivity index (χ1n) is 7.12. The largest absolute Gasteiger partial charge is 0.507 e. The number of phenolic OH excluding ortho intramolecular Hbond substituents is 1. The van der Waals surface area contributed by atoms with Crippen LogP contribution in [0.1, 0.15) is 0 Å². The van der Waals surface area contributed by atoms with Crippen molar-refractivity contribution < 1.29 is 27.7 Å². The van der Waals surface area contributed by atoms with Crippen molar-refractivity contribution in [2.24, 2.45) is 0 Å². The second-order valence-electron chi connectivity index (χ2n) is 5.22. The first-order valence-corrected chi connectivity index (χ1v) is 10.6. The number of sulfonamides is 1. The van der Waals surface area contributed by atoms with E-state index in [-0.39, 0.29) is 28.7 Å². The summed E-state index contributed by atoms with van der Waals surface area (Å²) < 4.78 is 43.4. The third-order valence-corrected chi connectivity index (χ3v) is 5.08. The Labute approximate surface area is 168 Å². The number of nitrogens with one attached hydrogen (secondary N) is 1. The Balaban J connectivity index is 2.98. The molecule has 0 aliphatic rings. The van der Waals surface area contributed by atoms with Crippen molar-refractivity contribution in [2.75, 3.05) is 32.3 Å². The first kappa shape index (κ1) is 20.7. The Morgan fingerprint density at radius 3 is 2.04 bits per heavy atom. The average Bonchev–Trinajstić information content (AvgIpc) is 2.52. The van der Waals surface area contributed by atoms with E-state index in [9.17, 15) is 13.5 Å². The van der Waals surface area contributed by atoms with Crippen LogP contribution in [0.15, 0.2) is 27.1 Å². The molecule has 7 nitrogen and oxygen atoms in total. The molecule has 0 aliphatic heterocycles. The summed E-state index contributed by atoms with van der Waals surface area (Å²) >= 11 is 6.70. The highest BCUT2D eigenvalue weighted by molar-refractivity contribution is 9.11. The fourth-order valence-electron chi connectivity index (χ4n) is 2.49. The number of benzene rings is 2. The molecule has 0 heterocycles. The number of methoxy groups -OCH3 is 3. The molecule has 2 rings (SSSR count). The number of hydrogen-bond acceptors (Lipinski definition) is 6. The van der Waals surface area contributed by atoms with Crippen molar-refractivity contribution in [3.05, 3.63) is 27.1 Å². The lowest BCUT2D eigenvalue weighted by atomic mass is 10.0. The average molecular weight is 511 g/mol. The molecule has 2 aromatic carbocycles. The molecule has 0 radical (unpaired) electrons. The van der Waals surface area contributed by atoms with Crippen molar-refractivity contribution in [2.45, 2.75) is 0 Å². The van der Waals surface area contributed by atoms with Gasteiger partial charge in [-0.05, 0) is 28.1 Å². The van der Waals surface area contributed by atoms with Crippen LogP contribution in [-0.4, -0.2) is 41.1 Å². The molecule has 10 heteroatoms. The molecule has 0 spiro atoms. The van der Waals surface area contributed by atoms with Crippen LogP contribution in [0.2, 0.25) is 0 Å². The van der Waals surface area contributed by atoms with Gasteiger partial charge in [-0.1, -0.05) is 15.9 Å². The van der Waals surface area contributed by atoms with E-state index >= 15 is 0 Å². The lowest BCUT2D eigenvalue weighted by Crippen LogP contribution is -2.12. The monoisotopic (exact) mass is 509 g/mol. The third-order valence-electron chi connectivity index (χ3n) is 3.41. The molecule has 142 valence electrons. The Bertz CT molecular complexity index is 923. The molecule has 0 saturated heterocycles. The van der Waals surface area contributed by atoms with Gasteiger partial charge in [0.2, 0.25) is 15.8 Å². The van der Waals surface area contributed by atoms with E-state index in [0.717, 1.165) is 6.26 Å². The molecule has 26 heavy (non-hydrogen) atoms. The fourth-order valence-corrected chi connectivity index (χ4v) is 4.45. The van der Waals surface area contributed by atoms with Crippen LogP contribution >= 0.6 is 31.9 Å². The van der Waals surface area contributed by atoms with Crippen LogP contribution in [0.25, 0.3) is 11.1 Å².